The van der Waals surface area contributed by atoms with Gasteiger partial charge in [-0.25, -0.2) is 0 Å². The summed E-state index contributed by atoms with van der Waals surface area (Å²) in [4.78, 5) is 11.6. The van der Waals surface area contributed by atoms with Gasteiger partial charge in [-0.05, 0) is 25.5 Å². The molecule has 0 aliphatic rings. The molecule has 0 fully saturated rings. The van der Waals surface area contributed by atoms with Gasteiger partial charge in [-0.1, -0.05) is 19.1 Å². The molecular formula is C16H22N2O3. The highest BCUT2D eigenvalue weighted by molar-refractivity contribution is 5.83. The average Bonchev–Trinajstić information content (AvgIpc) is 2.94. The largest absolute Gasteiger partial charge is 0.493 e. The lowest BCUT2D eigenvalue weighted by Gasteiger charge is -2.11. The van der Waals surface area contributed by atoms with Crippen LogP contribution in [0.2, 0.25) is 0 Å². The van der Waals surface area contributed by atoms with Crippen LogP contribution in [0.25, 0.3) is 11.0 Å². The molecule has 1 amide bonds. The van der Waals surface area contributed by atoms with E-state index in [1.54, 1.807) is 7.11 Å². The van der Waals surface area contributed by atoms with Crippen LogP contribution in [0.15, 0.2) is 28.7 Å². The SMILES string of the molecule is CCCNC(=O)CNC(C)c1cc2cccc(OC)c2o1. The van der Waals surface area contributed by atoms with Crippen molar-refractivity contribution in [2.75, 3.05) is 20.2 Å². The van der Waals surface area contributed by atoms with Crippen molar-refractivity contribution in [3.63, 3.8) is 0 Å². The van der Waals surface area contributed by atoms with E-state index in [4.69, 9.17) is 9.15 Å². The fourth-order valence-electron chi connectivity index (χ4n) is 2.10. The molecule has 1 unspecified atom stereocenters. The Kier molecular flexibility index (Phi) is 5.22. The van der Waals surface area contributed by atoms with Crippen molar-refractivity contribution in [1.82, 2.24) is 10.6 Å². The van der Waals surface area contributed by atoms with Crippen LogP contribution in [-0.2, 0) is 4.79 Å². The Morgan fingerprint density at radius 1 is 1.43 bits per heavy atom. The van der Waals surface area contributed by atoms with Crippen LogP contribution in [0.1, 0.15) is 32.1 Å². The molecular weight excluding hydrogens is 268 g/mol. The number of hydrogen-bond acceptors (Lipinski definition) is 4. The lowest BCUT2D eigenvalue weighted by atomic mass is 10.2. The topological polar surface area (TPSA) is 63.5 Å². The van der Waals surface area contributed by atoms with E-state index in [1.807, 2.05) is 38.1 Å². The molecule has 1 aromatic heterocycles. The van der Waals surface area contributed by atoms with Gasteiger partial charge in [0.05, 0.1) is 19.7 Å². The number of para-hydroxylation sites is 1. The zero-order chi connectivity index (χ0) is 15.2. The summed E-state index contributed by atoms with van der Waals surface area (Å²) in [5, 5.41) is 6.99. The third-order valence-corrected chi connectivity index (χ3v) is 3.31. The highest BCUT2D eigenvalue weighted by Crippen LogP contribution is 2.30. The van der Waals surface area contributed by atoms with Gasteiger partial charge in [0.2, 0.25) is 5.91 Å². The van der Waals surface area contributed by atoms with Gasteiger partial charge in [-0.15, -0.1) is 0 Å². The average molecular weight is 290 g/mol. The van der Waals surface area contributed by atoms with Crippen molar-refractivity contribution in [3.8, 4) is 5.75 Å². The minimum atomic E-state index is -0.0468. The fourth-order valence-corrected chi connectivity index (χ4v) is 2.10. The first-order valence-corrected chi connectivity index (χ1v) is 7.22. The van der Waals surface area contributed by atoms with E-state index in [2.05, 4.69) is 10.6 Å². The summed E-state index contributed by atoms with van der Waals surface area (Å²) >= 11 is 0. The van der Waals surface area contributed by atoms with Gasteiger partial charge in [0.15, 0.2) is 11.3 Å². The summed E-state index contributed by atoms with van der Waals surface area (Å²) in [5.41, 5.74) is 0.735. The van der Waals surface area contributed by atoms with Crippen LogP contribution in [0.3, 0.4) is 0 Å². The quantitative estimate of drug-likeness (QED) is 0.823. The molecule has 0 saturated heterocycles. The van der Waals surface area contributed by atoms with Crippen molar-refractivity contribution in [1.29, 1.82) is 0 Å². The normalized spacial score (nSPS) is 12.3. The minimum absolute atomic E-state index is 0.00242. The molecule has 2 rings (SSSR count). The molecule has 21 heavy (non-hydrogen) atoms. The second-order valence-electron chi connectivity index (χ2n) is 4.98. The molecule has 114 valence electrons. The van der Waals surface area contributed by atoms with Crippen LogP contribution in [0.4, 0.5) is 0 Å². The van der Waals surface area contributed by atoms with Crippen LogP contribution >= 0.6 is 0 Å². The second kappa shape index (κ2) is 7.13. The maximum Gasteiger partial charge on any atom is 0.233 e. The van der Waals surface area contributed by atoms with Crippen LogP contribution in [0, 0.1) is 0 Å². The van der Waals surface area contributed by atoms with Crippen LogP contribution in [0.5, 0.6) is 5.75 Å². The van der Waals surface area contributed by atoms with Crippen molar-refractivity contribution in [2.24, 2.45) is 0 Å². The summed E-state index contributed by atoms with van der Waals surface area (Å²) in [6.45, 7) is 4.97. The first-order chi connectivity index (χ1) is 10.2. The Labute approximate surface area is 124 Å². The number of benzene rings is 1. The number of ether oxygens (including phenoxy) is 1. The minimum Gasteiger partial charge on any atom is -0.493 e. The van der Waals surface area contributed by atoms with Gasteiger partial charge in [0.1, 0.15) is 5.76 Å². The number of fused-ring (bicyclic) bond motifs is 1. The van der Waals surface area contributed by atoms with Gasteiger partial charge in [0, 0.05) is 11.9 Å². The van der Waals surface area contributed by atoms with E-state index in [0.29, 0.717) is 12.3 Å². The maximum atomic E-state index is 11.6. The summed E-state index contributed by atoms with van der Waals surface area (Å²) < 4.78 is 11.1. The van der Waals surface area contributed by atoms with Gasteiger partial charge < -0.3 is 14.5 Å². The highest BCUT2D eigenvalue weighted by atomic mass is 16.5. The molecule has 0 aliphatic heterocycles. The Bertz CT molecular complexity index is 607. The zero-order valence-electron chi connectivity index (χ0n) is 12.7. The number of methoxy groups -OCH3 is 1. The van der Waals surface area contributed by atoms with E-state index < -0.39 is 0 Å². The standard InChI is InChI=1S/C16H22N2O3/c1-4-8-17-15(19)10-18-11(2)14-9-12-6-5-7-13(20-3)16(12)21-14/h5-7,9,11,18H,4,8,10H2,1-3H3,(H,17,19). The molecule has 5 heteroatoms. The Hall–Kier alpha value is -2.01. The first-order valence-electron chi connectivity index (χ1n) is 7.22. The van der Waals surface area contributed by atoms with Gasteiger partial charge in [-0.2, -0.15) is 0 Å². The number of rotatable bonds is 7. The van der Waals surface area contributed by atoms with E-state index in [9.17, 15) is 4.79 Å². The van der Waals surface area contributed by atoms with E-state index in [0.717, 1.165) is 23.2 Å². The number of nitrogens with one attached hydrogen (secondary N) is 2. The monoisotopic (exact) mass is 290 g/mol. The summed E-state index contributed by atoms with van der Waals surface area (Å²) in [6, 6.07) is 7.70. The zero-order valence-corrected chi connectivity index (χ0v) is 12.7. The van der Waals surface area contributed by atoms with Crippen LogP contribution < -0.4 is 15.4 Å². The van der Waals surface area contributed by atoms with Gasteiger partial charge >= 0.3 is 0 Å². The van der Waals surface area contributed by atoms with Crippen molar-refractivity contribution in [2.45, 2.75) is 26.3 Å². The van der Waals surface area contributed by atoms with E-state index in [-0.39, 0.29) is 18.5 Å². The summed E-state index contributed by atoms with van der Waals surface area (Å²) in [6.07, 6.45) is 0.935. The summed E-state index contributed by atoms with van der Waals surface area (Å²) in [5.74, 6) is 1.50. The molecule has 0 aliphatic carbocycles. The molecule has 5 nitrogen and oxygen atoms in total. The summed E-state index contributed by atoms with van der Waals surface area (Å²) in [7, 11) is 1.62. The molecule has 0 bridgehead atoms. The van der Waals surface area contributed by atoms with Gasteiger partial charge in [0.25, 0.3) is 0 Å². The lowest BCUT2D eigenvalue weighted by Crippen LogP contribution is -2.35. The molecule has 2 N–H and O–H groups in total. The van der Waals surface area contributed by atoms with Crippen molar-refractivity contribution >= 4 is 16.9 Å². The lowest BCUT2D eigenvalue weighted by molar-refractivity contribution is -0.120. The molecule has 0 spiro atoms. The van der Waals surface area contributed by atoms with Crippen LogP contribution in [-0.4, -0.2) is 26.1 Å². The number of furan rings is 1. The highest BCUT2D eigenvalue weighted by Gasteiger charge is 2.14. The molecule has 0 radical (unpaired) electrons. The molecule has 0 saturated carbocycles. The maximum absolute atomic E-state index is 11.6. The third-order valence-electron chi connectivity index (χ3n) is 3.31. The Morgan fingerprint density at radius 3 is 2.95 bits per heavy atom. The Balaban J connectivity index is 2.02. The van der Waals surface area contributed by atoms with E-state index in [1.165, 1.54) is 0 Å². The molecule has 1 atom stereocenters. The number of carbonyl (C=O) groups is 1. The second-order valence-corrected chi connectivity index (χ2v) is 4.98. The Morgan fingerprint density at radius 2 is 2.24 bits per heavy atom. The number of carbonyl (C=O) groups excluding carboxylic acids is 1. The number of amides is 1. The van der Waals surface area contributed by atoms with E-state index >= 15 is 0 Å². The fraction of sp³-hybridized carbons (Fsp3) is 0.438. The first kappa shape index (κ1) is 15.4. The predicted molar refractivity (Wildman–Crippen MR) is 82.5 cm³/mol. The van der Waals surface area contributed by atoms with Crippen molar-refractivity contribution in [3.05, 3.63) is 30.0 Å². The van der Waals surface area contributed by atoms with Gasteiger partial charge in [-0.3, -0.25) is 10.1 Å². The molecule has 2 aromatic rings. The van der Waals surface area contributed by atoms with Crippen molar-refractivity contribution < 1.29 is 13.9 Å². The molecule has 1 heterocycles. The molecule has 1 aromatic carbocycles. The number of hydrogen-bond donors (Lipinski definition) is 2. The third kappa shape index (κ3) is 3.76. The smallest absolute Gasteiger partial charge is 0.233 e. The predicted octanol–water partition coefficient (Wildman–Crippen LogP) is 2.62.